The Morgan fingerprint density at radius 1 is 1.21 bits per heavy atom. The van der Waals surface area contributed by atoms with Crippen molar-refractivity contribution in [3.05, 3.63) is 83.1 Å². The number of hydrogen-bond acceptors (Lipinski definition) is 2. The first kappa shape index (κ1) is 26.8. The molecular weight excluding hydrogens is 402 g/mol. The topological polar surface area (TPSA) is 29.4 Å². The van der Waals surface area contributed by atoms with Crippen molar-refractivity contribution in [3.63, 3.8) is 0 Å². The summed E-state index contributed by atoms with van der Waals surface area (Å²) in [4.78, 5) is 17.6. The fraction of sp³-hybridized carbons (Fsp3) is 0.484. The number of carbonyl (C=O) groups excluding carboxylic acids is 1. The van der Waals surface area contributed by atoms with Crippen LogP contribution >= 0.6 is 0 Å². The first-order chi connectivity index (χ1) is 15.6. The standard InChI is InChI=1S/C30H39NO.CH4/c1-4-11-26(27-14-8-6-7-9-15-27)18-19-30(32)28-16-17-29(25(5-2)21-28)22-31-23(3)20-24-12-10-13-24;/h6,8-9,14-17,21-22,24,26H,3-5,7,10-13,18-20H2,1-2H3;1H4. The molecule has 0 aliphatic heterocycles. The van der Waals surface area contributed by atoms with Crippen LogP contribution in [0.5, 0.6) is 0 Å². The fourth-order valence-corrected chi connectivity index (χ4v) is 4.60. The molecule has 0 saturated heterocycles. The van der Waals surface area contributed by atoms with E-state index < -0.39 is 0 Å². The van der Waals surface area contributed by atoms with Gasteiger partial charge in [-0.2, -0.15) is 0 Å². The van der Waals surface area contributed by atoms with Crippen LogP contribution in [0.2, 0.25) is 0 Å². The summed E-state index contributed by atoms with van der Waals surface area (Å²) in [5, 5.41) is 0. The van der Waals surface area contributed by atoms with Crippen LogP contribution in [0.25, 0.3) is 0 Å². The zero-order valence-electron chi connectivity index (χ0n) is 20.0. The van der Waals surface area contributed by atoms with Gasteiger partial charge in [-0.3, -0.25) is 9.79 Å². The number of carbonyl (C=O) groups is 1. The van der Waals surface area contributed by atoms with Crippen molar-refractivity contribution in [2.45, 2.75) is 85.5 Å². The molecule has 0 heterocycles. The Bertz CT molecular complexity index is 911. The number of Topliss-reactive ketones (excluding diaryl/α,β-unsaturated/α-hetero) is 1. The van der Waals surface area contributed by atoms with E-state index >= 15 is 0 Å². The maximum absolute atomic E-state index is 13.0. The molecule has 0 bridgehead atoms. The van der Waals surface area contributed by atoms with E-state index in [1.807, 2.05) is 12.3 Å². The van der Waals surface area contributed by atoms with Crippen molar-refractivity contribution in [2.75, 3.05) is 0 Å². The first-order valence-electron chi connectivity index (χ1n) is 12.5. The quantitative estimate of drug-likeness (QED) is 0.233. The molecule has 0 amide bonds. The third-order valence-electron chi connectivity index (χ3n) is 6.82. The normalized spacial score (nSPS) is 16.6. The minimum absolute atomic E-state index is 0. The van der Waals surface area contributed by atoms with Gasteiger partial charge in [0.05, 0.1) is 0 Å². The Kier molecular flexibility index (Phi) is 11.3. The first-order valence-corrected chi connectivity index (χ1v) is 12.5. The molecule has 0 N–H and O–H groups in total. The molecule has 3 rings (SSSR count). The summed E-state index contributed by atoms with van der Waals surface area (Å²) in [6, 6.07) is 6.10. The molecule has 2 nitrogen and oxygen atoms in total. The van der Waals surface area contributed by atoms with Gasteiger partial charge in [-0.25, -0.2) is 0 Å². The summed E-state index contributed by atoms with van der Waals surface area (Å²) in [6.45, 7) is 8.49. The average molecular weight is 446 g/mol. The second-order valence-electron chi connectivity index (χ2n) is 9.27. The van der Waals surface area contributed by atoms with Gasteiger partial charge in [0, 0.05) is 23.9 Å². The third kappa shape index (κ3) is 8.11. The van der Waals surface area contributed by atoms with Crippen molar-refractivity contribution in [1.29, 1.82) is 0 Å². The zero-order valence-corrected chi connectivity index (χ0v) is 20.0. The molecule has 33 heavy (non-hydrogen) atoms. The van der Waals surface area contributed by atoms with Gasteiger partial charge in [0.25, 0.3) is 0 Å². The van der Waals surface area contributed by atoms with E-state index in [1.54, 1.807) is 0 Å². The molecule has 1 saturated carbocycles. The number of hydrogen-bond donors (Lipinski definition) is 0. The van der Waals surface area contributed by atoms with Crippen molar-refractivity contribution < 1.29 is 4.79 Å². The van der Waals surface area contributed by atoms with Crippen LogP contribution < -0.4 is 0 Å². The van der Waals surface area contributed by atoms with E-state index in [0.717, 1.165) is 61.3 Å². The number of nitrogens with zero attached hydrogens (tertiary/aromatic N) is 1. The van der Waals surface area contributed by atoms with Crippen LogP contribution in [0.15, 0.2) is 71.4 Å². The smallest absolute Gasteiger partial charge is 0.162 e. The van der Waals surface area contributed by atoms with Gasteiger partial charge >= 0.3 is 0 Å². The van der Waals surface area contributed by atoms with E-state index in [-0.39, 0.29) is 13.2 Å². The Morgan fingerprint density at radius 2 is 2.03 bits per heavy atom. The molecule has 0 aromatic heterocycles. The Morgan fingerprint density at radius 3 is 2.73 bits per heavy atom. The minimum atomic E-state index is 0. The zero-order chi connectivity index (χ0) is 22.8. The molecule has 0 radical (unpaired) electrons. The van der Waals surface area contributed by atoms with Crippen molar-refractivity contribution >= 4 is 12.0 Å². The molecule has 1 atom stereocenters. The molecule has 1 unspecified atom stereocenters. The average Bonchev–Trinajstić information content (AvgIpc) is 3.07. The van der Waals surface area contributed by atoms with Crippen LogP contribution in [0.1, 0.15) is 101 Å². The van der Waals surface area contributed by atoms with Crippen LogP contribution in [0.3, 0.4) is 0 Å². The summed E-state index contributed by atoms with van der Waals surface area (Å²) >= 11 is 0. The van der Waals surface area contributed by atoms with Crippen molar-refractivity contribution in [1.82, 2.24) is 0 Å². The summed E-state index contributed by atoms with van der Waals surface area (Å²) in [5.41, 5.74) is 5.43. The summed E-state index contributed by atoms with van der Waals surface area (Å²) < 4.78 is 0. The second-order valence-corrected chi connectivity index (χ2v) is 9.27. The van der Waals surface area contributed by atoms with Gasteiger partial charge < -0.3 is 0 Å². The number of rotatable bonds is 12. The van der Waals surface area contributed by atoms with E-state index in [0.29, 0.717) is 12.3 Å². The van der Waals surface area contributed by atoms with Crippen molar-refractivity contribution in [3.8, 4) is 0 Å². The Balaban J connectivity index is 0.00000385. The highest BCUT2D eigenvalue weighted by Crippen LogP contribution is 2.32. The predicted octanol–water partition coefficient (Wildman–Crippen LogP) is 8.83. The highest BCUT2D eigenvalue weighted by atomic mass is 16.1. The number of aliphatic imine (C=N–C) groups is 1. The molecule has 2 aliphatic carbocycles. The highest BCUT2D eigenvalue weighted by molar-refractivity contribution is 5.97. The number of aryl methyl sites for hydroxylation is 1. The van der Waals surface area contributed by atoms with Crippen molar-refractivity contribution in [2.24, 2.45) is 16.8 Å². The van der Waals surface area contributed by atoms with Crippen LogP contribution in [-0.4, -0.2) is 12.0 Å². The summed E-state index contributed by atoms with van der Waals surface area (Å²) in [7, 11) is 0. The Hall–Kier alpha value is -2.48. The molecule has 178 valence electrons. The lowest BCUT2D eigenvalue weighted by molar-refractivity contribution is 0.0975. The predicted molar refractivity (Wildman–Crippen MR) is 144 cm³/mol. The highest BCUT2D eigenvalue weighted by Gasteiger charge is 2.18. The van der Waals surface area contributed by atoms with Gasteiger partial charge in [-0.1, -0.05) is 96.0 Å². The lowest BCUT2D eigenvalue weighted by atomic mass is 9.82. The number of allylic oxidation sites excluding steroid dienone is 7. The lowest BCUT2D eigenvalue weighted by Gasteiger charge is -2.24. The largest absolute Gasteiger partial charge is 0.294 e. The van der Waals surface area contributed by atoms with Gasteiger partial charge in [-0.05, 0) is 66.7 Å². The summed E-state index contributed by atoms with van der Waals surface area (Å²) in [5.74, 6) is 1.47. The maximum Gasteiger partial charge on any atom is 0.162 e. The molecule has 1 fully saturated rings. The Labute approximate surface area is 202 Å². The van der Waals surface area contributed by atoms with E-state index in [4.69, 9.17) is 0 Å². The second kappa shape index (κ2) is 13.9. The van der Waals surface area contributed by atoms with E-state index in [9.17, 15) is 4.79 Å². The monoisotopic (exact) mass is 445 g/mol. The van der Waals surface area contributed by atoms with Crippen LogP contribution in [-0.2, 0) is 6.42 Å². The van der Waals surface area contributed by atoms with Crippen LogP contribution in [0.4, 0.5) is 0 Å². The lowest BCUT2D eigenvalue weighted by Crippen LogP contribution is -2.10. The molecular formula is C31H43NO. The van der Waals surface area contributed by atoms with E-state index in [1.165, 1.54) is 30.4 Å². The molecule has 1 aromatic rings. The van der Waals surface area contributed by atoms with E-state index in [2.05, 4.69) is 67.9 Å². The van der Waals surface area contributed by atoms with Crippen LogP contribution in [0, 0.1) is 11.8 Å². The fourth-order valence-electron chi connectivity index (χ4n) is 4.60. The van der Waals surface area contributed by atoms with Gasteiger partial charge in [0.1, 0.15) is 0 Å². The third-order valence-corrected chi connectivity index (χ3v) is 6.82. The van der Waals surface area contributed by atoms with Gasteiger partial charge in [0.2, 0.25) is 0 Å². The van der Waals surface area contributed by atoms with Gasteiger partial charge in [0.15, 0.2) is 5.78 Å². The molecule has 0 spiro atoms. The maximum atomic E-state index is 13.0. The number of benzene rings is 1. The van der Waals surface area contributed by atoms with Gasteiger partial charge in [-0.15, -0.1) is 0 Å². The number of ketones is 1. The summed E-state index contributed by atoms with van der Waals surface area (Å²) in [6.07, 6.45) is 23.6. The molecule has 2 heteroatoms. The minimum Gasteiger partial charge on any atom is -0.294 e. The molecule has 1 aromatic carbocycles. The molecule has 2 aliphatic rings. The SMILES string of the molecule is C.C=C(CC1CCC1)N=Cc1ccc(C(=O)CCC(CCC)C2=CC=CCC=C2)cc1CC.